The highest BCUT2D eigenvalue weighted by Crippen LogP contribution is 2.34. The van der Waals surface area contributed by atoms with E-state index in [9.17, 15) is 4.79 Å². The van der Waals surface area contributed by atoms with Gasteiger partial charge in [-0.15, -0.1) is 11.8 Å². The average molecular weight is 371 g/mol. The van der Waals surface area contributed by atoms with E-state index in [2.05, 4.69) is 21.2 Å². The molecule has 0 heterocycles. The van der Waals surface area contributed by atoms with Crippen LogP contribution in [0, 0.1) is 5.92 Å². The Morgan fingerprint density at radius 1 is 1.38 bits per heavy atom. The first-order valence-electron chi connectivity index (χ1n) is 7.38. The summed E-state index contributed by atoms with van der Waals surface area (Å²) >= 11 is 5.02. The maximum atomic E-state index is 12.6. The highest BCUT2D eigenvalue weighted by molar-refractivity contribution is 9.10. The van der Waals surface area contributed by atoms with Crippen molar-refractivity contribution < 1.29 is 4.79 Å². The molecule has 0 saturated heterocycles. The van der Waals surface area contributed by atoms with Gasteiger partial charge >= 0.3 is 0 Å². The maximum Gasteiger partial charge on any atom is 0.236 e. The van der Waals surface area contributed by atoms with Gasteiger partial charge in [-0.05, 0) is 63.4 Å². The van der Waals surface area contributed by atoms with Gasteiger partial charge < -0.3 is 11.1 Å². The molecule has 0 radical (unpaired) electrons. The van der Waals surface area contributed by atoms with Gasteiger partial charge in [0, 0.05) is 15.4 Å². The van der Waals surface area contributed by atoms with E-state index >= 15 is 0 Å². The average Bonchev–Trinajstić information content (AvgIpc) is 2.88. The second-order valence-electron chi connectivity index (χ2n) is 6.07. The Bertz CT molecular complexity index is 490. The Kier molecular flexibility index (Phi) is 5.74. The topological polar surface area (TPSA) is 55.1 Å². The summed E-state index contributed by atoms with van der Waals surface area (Å²) in [7, 11) is 0. The number of carbonyl (C=O) groups excluding carboxylic acids is 1. The van der Waals surface area contributed by atoms with Crippen LogP contribution in [0.15, 0.2) is 33.6 Å². The molecule has 21 heavy (non-hydrogen) atoms. The molecular formula is C16H23BrN2OS. The minimum atomic E-state index is -0.491. The summed E-state index contributed by atoms with van der Waals surface area (Å²) < 4.78 is 0.557. The summed E-state index contributed by atoms with van der Waals surface area (Å²) in [6.07, 6.45) is 3.33. The van der Waals surface area contributed by atoms with Gasteiger partial charge in [0.25, 0.3) is 0 Å². The highest BCUT2D eigenvalue weighted by atomic mass is 79.9. The van der Waals surface area contributed by atoms with E-state index in [-0.39, 0.29) is 11.9 Å². The van der Waals surface area contributed by atoms with Crippen LogP contribution in [-0.4, -0.2) is 23.2 Å². The SMILES string of the molecule is CC(C)(Sc1ccc(Br)cc1)C(=O)NC1CCCC1CN. The largest absolute Gasteiger partial charge is 0.352 e. The molecule has 1 aliphatic rings. The van der Waals surface area contributed by atoms with Crippen molar-refractivity contribution in [3.05, 3.63) is 28.7 Å². The second kappa shape index (κ2) is 7.16. The van der Waals surface area contributed by atoms with Crippen LogP contribution in [0.4, 0.5) is 0 Å². The molecule has 0 bridgehead atoms. The van der Waals surface area contributed by atoms with E-state index in [1.54, 1.807) is 11.8 Å². The van der Waals surface area contributed by atoms with E-state index in [0.717, 1.165) is 28.6 Å². The zero-order valence-electron chi connectivity index (χ0n) is 12.6. The van der Waals surface area contributed by atoms with Gasteiger partial charge in [0.1, 0.15) is 0 Å². The molecule has 2 unspecified atom stereocenters. The van der Waals surface area contributed by atoms with Crippen LogP contribution in [0.5, 0.6) is 0 Å². The molecule has 2 rings (SSSR count). The summed E-state index contributed by atoms with van der Waals surface area (Å²) in [5.41, 5.74) is 5.79. The van der Waals surface area contributed by atoms with Crippen LogP contribution in [0.3, 0.4) is 0 Å². The smallest absolute Gasteiger partial charge is 0.236 e. The fourth-order valence-electron chi connectivity index (χ4n) is 2.69. The van der Waals surface area contributed by atoms with Crippen molar-refractivity contribution in [2.24, 2.45) is 11.7 Å². The minimum absolute atomic E-state index is 0.0979. The quantitative estimate of drug-likeness (QED) is 0.779. The van der Waals surface area contributed by atoms with E-state index in [4.69, 9.17) is 5.73 Å². The van der Waals surface area contributed by atoms with Crippen LogP contribution in [0.1, 0.15) is 33.1 Å². The summed E-state index contributed by atoms with van der Waals surface area (Å²) in [5, 5.41) is 3.20. The lowest BCUT2D eigenvalue weighted by atomic mass is 10.0. The van der Waals surface area contributed by atoms with Crippen LogP contribution < -0.4 is 11.1 Å². The molecule has 2 atom stereocenters. The predicted molar refractivity (Wildman–Crippen MR) is 92.4 cm³/mol. The van der Waals surface area contributed by atoms with Crippen molar-refractivity contribution in [3.8, 4) is 0 Å². The fraction of sp³-hybridized carbons (Fsp3) is 0.562. The van der Waals surface area contributed by atoms with Crippen molar-refractivity contribution in [1.29, 1.82) is 0 Å². The maximum absolute atomic E-state index is 12.6. The Balaban J connectivity index is 1.97. The summed E-state index contributed by atoms with van der Waals surface area (Å²) in [5.74, 6) is 0.531. The third-order valence-electron chi connectivity index (χ3n) is 4.01. The monoisotopic (exact) mass is 370 g/mol. The van der Waals surface area contributed by atoms with E-state index in [1.165, 1.54) is 0 Å². The number of benzene rings is 1. The van der Waals surface area contributed by atoms with Crippen molar-refractivity contribution in [2.75, 3.05) is 6.54 Å². The third kappa shape index (κ3) is 4.47. The van der Waals surface area contributed by atoms with Gasteiger partial charge in [0.05, 0.1) is 4.75 Å². The molecule has 1 amide bonds. The van der Waals surface area contributed by atoms with E-state index < -0.39 is 4.75 Å². The summed E-state index contributed by atoms with van der Waals surface area (Å²) in [6, 6.07) is 8.30. The zero-order valence-corrected chi connectivity index (χ0v) is 15.0. The summed E-state index contributed by atoms with van der Waals surface area (Å²) in [4.78, 5) is 13.7. The molecule has 116 valence electrons. The molecule has 1 aliphatic carbocycles. The van der Waals surface area contributed by atoms with Gasteiger partial charge in [-0.2, -0.15) is 0 Å². The lowest BCUT2D eigenvalue weighted by Gasteiger charge is -2.27. The number of hydrogen-bond donors (Lipinski definition) is 2. The molecule has 0 aromatic heterocycles. The number of amides is 1. The van der Waals surface area contributed by atoms with Crippen molar-refractivity contribution in [2.45, 2.75) is 48.8 Å². The third-order valence-corrected chi connectivity index (χ3v) is 5.74. The van der Waals surface area contributed by atoms with Gasteiger partial charge in [-0.3, -0.25) is 4.79 Å². The number of carbonyl (C=O) groups is 1. The standard InChI is InChI=1S/C16H23BrN2OS/c1-16(2,21-13-8-6-12(17)7-9-13)15(20)19-14-5-3-4-11(14)10-18/h6-9,11,14H,3-5,10,18H2,1-2H3,(H,19,20). The molecule has 3 N–H and O–H groups in total. The molecule has 1 aromatic rings. The van der Waals surface area contributed by atoms with Gasteiger partial charge in [-0.1, -0.05) is 22.4 Å². The normalized spacial score (nSPS) is 22.3. The molecule has 3 nitrogen and oxygen atoms in total. The molecule has 0 spiro atoms. The first-order valence-corrected chi connectivity index (χ1v) is 8.99. The Labute approximate surface area is 139 Å². The first kappa shape index (κ1) is 16.8. The Morgan fingerprint density at radius 3 is 2.67 bits per heavy atom. The van der Waals surface area contributed by atoms with Crippen LogP contribution in [-0.2, 0) is 4.79 Å². The molecule has 1 fully saturated rings. The predicted octanol–water partition coefficient (Wildman–Crippen LogP) is 3.56. The molecule has 1 aromatic carbocycles. The minimum Gasteiger partial charge on any atom is -0.352 e. The molecule has 1 saturated carbocycles. The number of rotatable bonds is 5. The number of hydrogen-bond acceptors (Lipinski definition) is 3. The Morgan fingerprint density at radius 2 is 2.05 bits per heavy atom. The lowest BCUT2D eigenvalue weighted by Crippen LogP contribution is -2.47. The van der Waals surface area contributed by atoms with Crippen LogP contribution in [0.25, 0.3) is 0 Å². The van der Waals surface area contributed by atoms with Gasteiger partial charge in [-0.25, -0.2) is 0 Å². The Hall–Kier alpha value is -0.520. The first-order chi connectivity index (χ1) is 9.92. The summed E-state index contributed by atoms with van der Waals surface area (Å²) in [6.45, 7) is 4.61. The lowest BCUT2D eigenvalue weighted by molar-refractivity contribution is -0.123. The van der Waals surface area contributed by atoms with E-state index in [0.29, 0.717) is 12.5 Å². The molecule has 5 heteroatoms. The fourth-order valence-corrected chi connectivity index (χ4v) is 3.97. The van der Waals surface area contributed by atoms with Gasteiger partial charge in [0.15, 0.2) is 0 Å². The van der Waals surface area contributed by atoms with Crippen LogP contribution >= 0.6 is 27.7 Å². The van der Waals surface area contributed by atoms with Gasteiger partial charge in [0.2, 0.25) is 5.91 Å². The van der Waals surface area contributed by atoms with E-state index in [1.807, 2.05) is 38.1 Å². The van der Waals surface area contributed by atoms with Crippen molar-refractivity contribution >= 4 is 33.6 Å². The number of nitrogens with two attached hydrogens (primary N) is 1. The number of thioether (sulfide) groups is 1. The molecular weight excluding hydrogens is 348 g/mol. The second-order valence-corrected chi connectivity index (χ2v) is 8.68. The van der Waals surface area contributed by atoms with Crippen molar-refractivity contribution in [3.63, 3.8) is 0 Å². The zero-order chi connectivity index (χ0) is 15.5. The molecule has 0 aliphatic heterocycles. The van der Waals surface area contributed by atoms with Crippen LogP contribution in [0.2, 0.25) is 0 Å². The highest BCUT2D eigenvalue weighted by Gasteiger charge is 2.34. The number of nitrogens with one attached hydrogen (secondary N) is 1. The number of halogens is 1. The van der Waals surface area contributed by atoms with Crippen molar-refractivity contribution in [1.82, 2.24) is 5.32 Å².